The third kappa shape index (κ3) is 3.14. The summed E-state index contributed by atoms with van der Waals surface area (Å²) in [4.78, 5) is 0. The van der Waals surface area contributed by atoms with Gasteiger partial charge in [0.1, 0.15) is 0 Å². The Hall–Kier alpha value is -1.28. The van der Waals surface area contributed by atoms with E-state index < -0.39 is 0 Å². The largest absolute Gasteiger partial charge is 0.392 e. The molecule has 3 heteroatoms. The summed E-state index contributed by atoms with van der Waals surface area (Å²) in [6.45, 7) is 0.0559. The highest BCUT2D eigenvalue weighted by Gasteiger charge is 2.00. The summed E-state index contributed by atoms with van der Waals surface area (Å²) in [6, 6.07) is 13.1. The Morgan fingerprint density at radius 3 is 2.06 bits per heavy atom. The van der Waals surface area contributed by atoms with Crippen molar-refractivity contribution in [3.05, 3.63) is 69.2 Å². The van der Waals surface area contributed by atoms with E-state index >= 15 is 0 Å². The van der Waals surface area contributed by atoms with Crippen LogP contribution in [-0.2, 0) is 6.61 Å². The molecule has 0 bridgehead atoms. The Morgan fingerprint density at radius 1 is 0.889 bits per heavy atom. The molecule has 2 rings (SSSR count). The molecule has 1 N–H and O–H groups in total. The van der Waals surface area contributed by atoms with Gasteiger partial charge < -0.3 is 5.11 Å². The van der Waals surface area contributed by atoms with Crippen LogP contribution in [0.4, 0.5) is 0 Å². The molecule has 0 spiro atoms. The quantitative estimate of drug-likeness (QED) is 0.810. The zero-order chi connectivity index (χ0) is 13.0. The molecule has 0 atom stereocenters. The van der Waals surface area contributed by atoms with Gasteiger partial charge >= 0.3 is 0 Å². The summed E-state index contributed by atoms with van der Waals surface area (Å²) < 4.78 is 0. The predicted molar refractivity (Wildman–Crippen MR) is 77.8 cm³/mol. The van der Waals surface area contributed by atoms with Crippen molar-refractivity contribution >= 4 is 35.4 Å². The molecule has 0 aliphatic carbocycles. The molecule has 0 heterocycles. The van der Waals surface area contributed by atoms with E-state index in [0.29, 0.717) is 10.0 Å². The van der Waals surface area contributed by atoms with Crippen molar-refractivity contribution in [3.63, 3.8) is 0 Å². The molecule has 2 aromatic carbocycles. The van der Waals surface area contributed by atoms with E-state index in [4.69, 9.17) is 28.3 Å². The van der Waals surface area contributed by atoms with Crippen LogP contribution in [-0.4, -0.2) is 5.11 Å². The second-order valence-electron chi connectivity index (χ2n) is 3.87. The zero-order valence-electron chi connectivity index (χ0n) is 9.61. The van der Waals surface area contributed by atoms with Crippen LogP contribution in [0.25, 0.3) is 12.2 Å². The Kier molecular flexibility index (Phi) is 4.43. The smallest absolute Gasteiger partial charge is 0.0681 e. The van der Waals surface area contributed by atoms with Gasteiger partial charge in [-0.25, -0.2) is 0 Å². The molecule has 0 aliphatic rings. The molecule has 0 unspecified atom stereocenters. The third-order valence-corrected chi connectivity index (χ3v) is 3.26. The van der Waals surface area contributed by atoms with Gasteiger partial charge in [0.05, 0.1) is 6.61 Å². The highest BCUT2D eigenvalue weighted by Crippen LogP contribution is 2.26. The van der Waals surface area contributed by atoms with Crippen LogP contribution < -0.4 is 0 Å². The van der Waals surface area contributed by atoms with E-state index in [1.165, 1.54) is 0 Å². The lowest BCUT2D eigenvalue weighted by atomic mass is 10.1. The summed E-state index contributed by atoms with van der Waals surface area (Å²) in [7, 11) is 0. The Morgan fingerprint density at radius 2 is 1.50 bits per heavy atom. The Balaban J connectivity index is 2.24. The minimum atomic E-state index is 0.0559. The molecule has 0 radical (unpaired) electrons. The van der Waals surface area contributed by atoms with Gasteiger partial charge in [0.25, 0.3) is 0 Å². The van der Waals surface area contributed by atoms with Crippen LogP contribution in [0, 0.1) is 0 Å². The van der Waals surface area contributed by atoms with Gasteiger partial charge in [0, 0.05) is 15.6 Å². The van der Waals surface area contributed by atoms with Crippen LogP contribution in [0.5, 0.6) is 0 Å². The van der Waals surface area contributed by atoms with E-state index in [9.17, 15) is 0 Å². The third-order valence-electron chi connectivity index (χ3n) is 2.60. The highest BCUT2D eigenvalue weighted by atomic mass is 35.5. The summed E-state index contributed by atoms with van der Waals surface area (Å²) in [5.41, 5.74) is 2.73. The highest BCUT2D eigenvalue weighted by molar-refractivity contribution is 6.37. The molecule has 0 amide bonds. The fourth-order valence-corrected chi connectivity index (χ4v) is 2.11. The second-order valence-corrected chi connectivity index (χ2v) is 4.68. The van der Waals surface area contributed by atoms with Gasteiger partial charge in [-0.3, -0.25) is 0 Å². The molecule has 0 aromatic heterocycles. The van der Waals surface area contributed by atoms with Crippen molar-refractivity contribution in [1.82, 2.24) is 0 Å². The number of benzene rings is 2. The van der Waals surface area contributed by atoms with Crippen molar-refractivity contribution in [2.75, 3.05) is 0 Å². The van der Waals surface area contributed by atoms with Gasteiger partial charge in [-0.15, -0.1) is 0 Å². The SMILES string of the molecule is OCc1ccc(/C=C/c2c(Cl)cccc2Cl)cc1. The molecule has 0 saturated carbocycles. The van der Waals surface area contributed by atoms with Crippen LogP contribution in [0.15, 0.2) is 42.5 Å². The standard InChI is InChI=1S/C15H12Cl2O/c16-14-2-1-3-15(17)13(14)9-8-11-4-6-12(10-18)7-5-11/h1-9,18H,10H2/b9-8+. The van der Waals surface area contributed by atoms with Gasteiger partial charge in [-0.1, -0.05) is 65.7 Å². The average molecular weight is 279 g/mol. The van der Waals surface area contributed by atoms with E-state index in [2.05, 4.69) is 0 Å². The maximum absolute atomic E-state index is 8.96. The van der Waals surface area contributed by atoms with Crippen molar-refractivity contribution < 1.29 is 5.11 Å². The Bertz CT molecular complexity index is 539. The van der Waals surface area contributed by atoms with Gasteiger partial charge in [0.2, 0.25) is 0 Å². The predicted octanol–water partition coefficient (Wildman–Crippen LogP) is 4.66. The van der Waals surface area contributed by atoms with Crippen molar-refractivity contribution in [2.24, 2.45) is 0 Å². The van der Waals surface area contributed by atoms with Crippen molar-refractivity contribution in [3.8, 4) is 0 Å². The Labute approximate surface area is 116 Å². The van der Waals surface area contributed by atoms with Gasteiger partial charge in [-0.05, 0) is 23.3 Å². The summed E-state index contributed by atoms with van der Waals surface area (Å²) in [5, 5.41) is 10.2. The molecular weight excluding hydrogens is 267 g/mol. The van der Waals surface area contributed by atoms with Gasteiger partial charge in [-0.2, -0.15) is 0 Å². The second kappa shape index (κ2) is 6.05. The van der Waals surface area contributed by atoms with Crippen molar-refractivity contribution in [2.45, 2.75) is 6.61 Å². The monoisotopic (exact) mass is 278 g/mol. The molecule has 1 nitrogen and oxygen atoms in total. The number of rotatable bonds is 3. The van der Waals surface area contributed by atoms with E-state index in [-0.39, 0.29) is 6.61 Å². The number of hydrogen-bond donors (Lipinski definition) is 1. The molecule has 2 aromatic rings. The maximum Gasteiger partial charge on any atom is 0.0681 e. The molecule has 18 heavy (non-hydrogen) atoms. The molecule has 0 aliphatic heterocycles. The zero-order valence-corrected chi connectivity index (χ0v) is 11.1. The van der Waals surface area contributed by atoms with E-state index in [0.717, 1.165) is 16.7 Å². The normalized spacial score (nSPS) is 11.1. The summed E-state index contributed by atoms with van der Waals surface area (Å²) >= 11 is 12.1. The van der Waals surface area contributed by atoms with Crippen LogP contribution in [0.2, 0.25) is 10.0 Å². The first-order valence-electron chi connectivity index (χ1n) is 5.52. The lowest BCUT2D eigenvalue weighted by Crippen LogP contribution is -1.82. The number of aliphatic hydroxyl groups excluding tert-OH is 1. The molecular formula is C15H12Cl2O. The maximum atomic E-state index is 8.96. The van der Waals surface area contributed by atoms with Crippen molar-refractivity contribution in [1.29, 1.82) is 0 Å². The topological polar surface area (TPSA) is 20.2 Å². The lowest BCUT2D eigenvalue weighted by molar-refractivity contribution is 0.282. The number of aliphatic hydroxyl groups is 1. The van der Waals surface area contributed by atoms with E-state index in [1.807, 2.05) is 54.6 Å². The molecule has 0 saturated heterocycles. The first kappa shape index (κ1) is 13.2. The van der Waals surface area contributed by atoms with Crippen LogP contribution >= 0.6 is 23.2 Å². The fraction of sp³-hybridized carbons (Fsp3) is 0.0667. The first-order chi connectivity index (χ1) is 8.70. The fourth-order valence-electron chi connectivity index (χ4n) is 1.58. The molecule has 0 fully saturated rings. The average Bonchev–Trinajstić information content (AvgIpc) is 2.39. The summed E-state index contributed by atoms with van der Waals surface area (Å²) in [6.07, 6.45) is 3.83. The van der Waals surface area contributed by atoms with Crippen LogP contribution in [0.3, 0.4) is 0 Å². The summed E-state index contributed by atoms with van der Waals surface area (Å²) in [5.74, 6) is 0. The number of hydrogen-bond acceptors (Lipinski definition) is 1. The van der Waals surface area contributed by atoms with E-state index in [1.54, 1.807) is 0 Å². The lowest BCUT2D eigenvalue weighted by Gasteiger charge is -2.01. The first-order valence-corrected chi connectivity index (χ1v) is 6.28. The van der Waals surface area contributed by atoms with Crippen LogP contribution in [0.1, 0.15) is 16.7 Å². The minimum absolute atomic E-state index is 0.0559. The van der Waals surface area contributed by atoms with Gasteiger partial charge in [0.15, 0.2) is 0 Å². The molecule has 92 valence electrons. The minimum Gasteiger partial charge on any atom is -0.392 e. The number of halogens is 2.